The van der Waals surface area contributed by atoms with E-state index >= 15 is 0 Å². The lowest BCUT2D eigenvalue weighted by Gasteiger charge is -2.39. The SMILES string of the molecule is CCC(C)C(NC(=O)N1CCc2cc(OC)c(OC)cc2C1c1ccccc1)C(=O)OC. The second-order valence-corrected chi connectivity index (χ2v) is 8.00. The van der Waals surface area contributed by atoms with Gasteiger partial charge < -0.3 is 24.4 Å². The van der Waals surface area contributed by atoms with Crippen LogP contribution < -0.4 is 14.8 Å². The van der Waals surface area contributed by atoms with Crippen LogP contribution in [0.15, 0.2) is 42.5 Å². The smallest absolute Gasteiger partial charge is 0.328 e. The molecular weight excluding hydrogens is 408 g/mol. The Bertz CT molecular complexity index is 947. The van der Waals surface area contributed by atoms with E-state index in [2.05, 4.69) is 5.32 Å². The molecule has 0 radical (unpaired) electrons. The van der Waals surface area contributed by atoms with Crippen molar-refractivity contribution in [3.05, 3.63) is 59.2 Å². The van der Waals surface area contributed by atoms with Gasteiger partial charge in [0.05, 0.1) is 27.4 Å². The van der Waals surface area contributed by atoms with Crippen LogP contribution in [0.25, 0.3) is 0 Å². The molecule has 0 spiro atoms. The van der Waals surface area contributed by atoms with Gasteiger partial charge in [-0.1, -0.05) is 50.6 Å². The summed E-state index contributed by atoms with van der Waals surface area (Å²) < 4.78 is 16.0. The average molecular weight is 441 g/mol. The fourth-order valence-corrected chi connectivity index (χ4v) is 4.17. The van der Waals surface area contributed by atoms with Crippen LogP contribution >= 0.6 is 0 Å². The maximum Gasteiger partial charge on any atom is 0.328 e. The van der Waals surface area contributed by atoms with Gasteiger partial charge in [-0.3, -0.25) is 0 Å². The number of nitrogens with zero attached hydrogens (tertiary/aromatic N) is 1. The van der Waals surface area contributed by atoms with Crippen molar-refractivity contribution in [1.29, 1.82) is 0 Å². The van der Waals surface area contributed by atoms with E-state index in [0.29, 0.717) is 24.5 Å². The molecule has 2 amide bonds. The highest BCUT2D eigenvalue weighted by Gasteiger charge is 2.36. The Kier molecular flexibility index (Phi) is 7.62. The molecule has 172 valence electrons. The van der Waals surface area contributed by atoms with Crippen LogP contribution in [0.1, 0.15) is 43.0 Å². The molecule has 2 aromatic rings. The van der Waals surface area contributed by atoms with Gasteiger partial charge in [0, 0.05) is 6.54 Å². The summed E-state index contributed by atoms with van der Waals surface area (Å²) in [7, 11) is 4.55. The van der Waals surface area contributed by atoms with E-state index in [9.17, 15) is 9.59 Å². The highest BCUT2D eigenvalue weighted by atomic mass is 16.5. The number of rotatable bonds is 7. The standard InChI is InChI=1S/C25H32N2O5/c1-6-16(2)22(24(28)32-5)26-25(29)27-13-12-18-14-20(30-3)21(31-4)15-19(18)23(27)17-10-8-7-9-11-17/h7-11,14-16,22-23H,6,12-13H2,1-5H3,(H,26,29). The fraction of sp³-hybridized carbons (Fsp3) is 0.440. The Morgan fingerprint density at radius 3 is 2.34 bits per heavy atom. The van der Waals surface area contributed by atoms with Gasteiger partial charge in [-0.2, -0.15) is 0 Å². The summed E-state index contributed by atoms with van der Waals surface area (Å²) in [6.45, 7) is 4.41. The summed E-state index contributed by atoms with van der Waals surface area (Å²) in [5.74, 6) is 0.788. The van der Waals surface area contributed by atoms with E-state index in [1.54, 1.807) is 19.1 Å². The first kappa shape index (κ1) is 23.4. The molecule has 1 aliphatic heterocycles. The van der Waals surface area contributed by atoms with Gasteiger partial charge >= 0.3 is 12.0 Å². The third-order valence-electron chi connectivity index (χ3n) is 6.20. The molecule has 0 saturated carbocycles. The quantitative estimate of drug-likeness (QED) is 0.660. The highest BCUT2D eigenvalue weighted by Crippen LogP contribution is 2.41. The molecule has 0 bridgehead atoms. The molecule has 3 atom stereocenters. The molecule has 7 heteroatoms. The van der Waals surface area contributed by atoms with Gasteiger partial charge in [0.25, 0.3) is 0 Å². The van der Waals surface area contributed by atoms with Crippen LogP contribution in [-0.4, -0.2) is 50.8 Å². The molecule has 1 aliphatic rings. The molecule has 1 N–H and O–H groups in total. The maximum atomic E-state index is 13.5. The molecule has 0 fully saturated rings. The Hall–Kier alpha value is -3.22. The average Bonchev–Trinajstić information content (AvgIpc) is 2.84. The van der Waals surface area contributed by atoms with Crippen molar-refractivity contribution in [2.45, 2.75) is 38.8 Å². The second-order valence-electron chi connectivity index (χ2n) is 8.00. The number of urea groups is 1. The van der Waals surface area contributed by atoms with Crippen LogP contribution in [0, 0.1) is 5.92 Å². The minimum atomic E-state index is -0.708. The Morgan fingerprint density at radius 2 is 1.75 bits per heavy atom. The number of hydrogen-bond acceptors (Lipinski definition) is 5. The third-order valence-corrected chi connectivity index (χ3v) is 6.20. The number of esters is 1. The Labute approximate surface area is 189 Å². The summed E-state index contributed by atoms with van der Waals surface area (Å²) in [4.78, 5) is 27.6. The molecule has 1 heterocycles. The summed E-state index contributed by atoms with van der Waals surface area (Å²) in [5.41, 5.74) is 3.06. The number of methoxy groups -OCH3 is 3. The van der Waals surface area contributed by atoms with Gasteiger partial charge in [-0.15, -0.1) is 0 Å². The number of carbonyl (C=O) groups is 2. The monoisotopic (exact) mass is 440 g/mol. The van der Waals surface area contributed by atoms with Crippen molar-refractivity contribution in [2.24, 2.45) is 5.92 Å². The topological polar surface area (TPSA) is 77.1 Å². The van der Waals surface area contributed by atoms with Crippen molar-refractivity contribution in [1.82, 2.24) is 10.2 Å². The number of ether oxygens (including phenoxy) is 3. The van der Waals surface area contributed by atoms with Crippen molar-refractivity contribution in [2.75, 3.05) is 27.9 Å². The normalized spacial score (nSPS) is 17.0. The molecule has 7 nitrogen and oxygen atoms in total. The van der Waals surface area contributed by atoms with Crippen molar-refractivity contribution in [3.8, 4) is 11.5 Å². The first-order valence-electron chi connectivity index (χ1n) is 10.9. The third kappa shape index (κ3) is 4.66. The van der Waals surface area contributed by atoms with Gasteiger partial charge in [-0.05, 0) is 41.2 Å². The zero-order chi connectivity index (χ0) is 23.3. The summed E-state index contributed by atoms with van der Waals surface area (Å²) >= 11 is 0. The van der Waals surface area contributed by atoms with Gasteiger partial charge in [0.2, 0.25) is 0 Å². The molecule has 0 aliphatic carbocycles. The largest absolute Gasteiger partial charge is 0.493 e. The van der Waals surface area contributed by atoms with Crippen molar-refractivity contribution >= 4 is 12.0 Å². The van der Waals surface area contributed by atoms with E-state index in [1.807, 2.05) is 56.3 Å². The van der Waals surface area contributed by atoms with E-state index in [4.69, 9.17) is 14.2 Å². The lowest BCUT2D eigenvalue weighted by Crippen LogP contribution is -2.53. The summed E-state index contributed by atoms with van der Waals surface area (Å²) in [5, 5.41) is 2.93. The summed E-state index contributed by atoms with van der Waals surface area (Å²) in [6, 6.07) is 12.5. The summed E-state index contributed by atoms with van der Waals surface area (Å²) in [6.07, 6.45) is 1.40. The number of fused-ring (bicyclic) bond motifs is 1. The van der Waals surface area contributed by atoms with Crippen molar-refractivity contribution in [3.63, 3.8) is 0 Å². The van der Waals surface area contributed by atoms with Crippen LogP contribution in [0.2, 0.25) is 0 Å². The maximum absolute atomic E-state index is 13.5. The van der Waals surface area contributed by atoms with Crippen LogP contribution in [-0.2, 0) is 16.0 Å². The molecule has 0 saturated heterocycles. The zero-order valence-corrected chi connectivity index (χ0v) is 19.4. The highest BCUT2D eigenvalue weighted by molar-refractivity contribution is 5.84. The second kappa shape index (κ2) is 10.4. The van der Waals surface area contributed by atoms with Gasteiger partial charge in [0.1, 0.15) is 6.04 Å². The minimum absolute atomic E-state index is 0.0528. The first-order chi connectivity index (χ1) is 15.4. The predicted molar refractivity (Wildman–Crippen MR) is 122 cm³/mol. The predicted octanol–water partition coefficient (Wildman–Crippen LogP) is 3.95. The number of carbonyl (C=O) groups excluding carboxylic acids is 2. The molecule has 3 unspecified atom stereocenters. The van der Waals surface area contributed by atoms with Crippen LogP contribution in [0.5, 0.6) is 11.5 Å². The van der Waals surface area contributed by atoms with E-state index in [0.717, 1.165) is 23.1 Å². The van der Waals surface area contributed by atoms with Crippen LogP contribution in [0.4, 0.5) is 4.79 Å². The number of nitrogens with one attached hydrogen (secondary N) is 1. The first-order valence-corrected chi connectivity index (χ1v) is 10.9. The number of amides is 2. The van der Waals surface area contributed by atoms with Crippen LogP contribution in [0.3, 0.4) is 0 Å². The molecule has 0 aromatic heterocycles. The minimum Gasteiger partial charge on any atom is -0.493 e. The lowest BCUT2D eigenvalue weighted by molar-refractivity contribution is -0.144. The Morgan fingerprint density at radius 1 is 1.09 bits per heavy atom. The fourth-order valence-electron chi connectivity index (χ4n) is 4.17. The Balaban J connectivity index is 2.02. The van der Waals surface area contributed by atoms with Gasteiger partial charge in [-0.25, -0.2) is 9.59 Å². The van der Waals surface area contributed by atoms with Gasteiger partial charge in [0.15, 0.2) is 11.5 Å². The number of hydrogen-bond donors (Lipinski definition) is 1. The molecule has 3 rings (SSSR count). The van der Waals surface area contributed by atoms with Crippen molar-refractivity contribution < 1.29 is 23.8 Å². The van der Waals surface area contributed by atoms with E-state index in [1.165, 1.54) is 7.11 Å². The molecule has 32 heavy (non-hydrogen) atoms. The number of benzene rings is 2. The van der Waals surface area contributed by atoms with E-state index in [-0.39, 0.29) is 18.0 Å². The lowest BCUT2D eigenvalue weighted by atomic mass is 9.87. The van der Waals surface area contributed by atoms with E-state index < -0.39 is 12.0 Å². The molecular formula is C25H32N2O5. The molecule has 2 aromatic carbocycles. The zero-order valence-electron chi connectivity index (χ0n) is 19.4.